The molecule has 6 heteroatoms. The molecular formula is C11H9NO5. The maximum absolute atomic E-state index is 11.8. The van der Waals surface area contributed by atoms with Crippen LogP contribution in [-0.4, -0.2) is 24.0 Å². The van der Waals surface area contributed by atoms with Crippen molar-refractivity contribution in [2.45, 2.75) is 0 Å². The molecule has 2 rings (SSSR count). The van der Waals surface area contributed by atoms with Crippen LogP contribution in [0.2, 0.25) is 0 Å². The maximum atomic E-state index is 11.8. The molecule has 1 aromatic carbocycles. The summed E-state index contributed by atoms with van der Waals surface area (Å²) in [5.74, 6) is -1.61. The number of hydrogen-bond donors (Lipinski definition) is 2. The number of aliphatic carboxylic acids is 1. The second-order valence-electron chi connectivity index (χ2n) is 3.47. The zero-order chi connectivity index (χ0) is 12.6. The highest BCUT2D eigenvalue weighted by atomic mass is 16.5. The number of ether oxygens (including phenoxy) is 1. The Morgan fingerprint density at radius 2 is 2.18 bits per heavy atom. The Morgan fingerprint density at radius 1 is 1.47 bits per heavy atom. The Bertz CT molecular complexity index is 535. The molecule has 1 aromatic rings. The van der Waals surface area contributed by atoms with Gasteiger partial charge in [-0.05, 0) is 12.1 Å². The Morgan fingerprint density at radius 3 is 2.76 bits per heavy atom. The first kappa shape index (κ1) is 11.3. The molecule has 1 heterocycles. The Labute approximate surface area is 96.3 Å². The number of benzene rings is 1. The Balaban J connectivity index is 2.55. The number of Topliss-reactive ketones (excluding diaryl/α,β-unsaturated/α-hetero) is 1. The van der Waals surface area contributed by atoms with Gasteiger partial charge >= 0.3 is 5.97 Å². The minimum Gasteiger partial charge on any atom is -0.624 e. The van der Waals surface area contributed by atoms with Crippen molar-refractivity contribution >= 4 is 17.4 Å². The van der Waals surface area contributed by atoms with E-state index in [-0.39, 0.29) is 11.3 Å². The number of nitrogens with one attached hydrogen (secondary N) is 1. The van der Waals surface area contributed by atoms with Gasteiger partial charge in [0.15, 0.2) is 11.3 Å². The summed E-state index contributed by atoms with van der Waals surface area (Å²) in [4.78, 5) is 22.5. The minimum atomic E-state index is -1.40. The summed E-state index contributed by atoms with van der Waals surface area (Å²) in [6.07, 6.45) is 0.840. The van der Waals surface area contributed by atoms with Gasteiger partial charge < -0.3 is 20.1 Å². The number of hydroxylamine groups is 1. The van der Waals surface area contributed by atoms with Crippen LogP contribution in [0, 0.1) is 5.21 Å². The third-order valence-corrected chi connectivity index (χ3v) is 2.49. The van der Waals surface area contributed by atoms with Gasteiger partial charge in [0.25, 0.3) is 0 Å². The molecule has 88 valence electrons. The number of methoxy groups -OCH3 is 1. The van der Waals surface area contributed by atoms with E-state index in [1.54, 1.807) is 0 Å². The molecule has 0 saturated carbocycles. The second kappa shape index (κ2) is 4.00. The van der Waals surface area contributed by atoms with E-state index in [0.29, 0.717) is 5.75 Å². The smallest absolute Gasteiger partial charge is 0.345 e. The largest absolute Gasteiger partial charge is 0.624 e. The van der Waals surface area contributed by atoms with E-state index in [1.807, 2.05) is 0 Å². The van der Waals surface area contributed by atoms with Crippen LogP contribution in [0.5, 0.6) is 5.75 Å². The Hall–Kier alpha value is -2.18. The van der Waals surface area contributed by atoms with Gasteiger partial charge in [0, 0.05) is 6.07 Å². The van der Waals surface area contributed by atoms with E-state index in [4.69, 9.17) is 9.84 Å². The van der Waals surface area contributed by atoms with Crippen LogP contribution in [0.3, 0.4) is 0 Å². The van der Waals surface area contributed by atoms with Crippen molar-refractivity contribution in [1.29, 1.82) is 0 Å². The van der Waals surface area contributed by atoms with Gasteiger partial charge in [0.1, 0.15) is 11.9 Å². The van der Waals surface area contributed by atoms with E-state index < -0.39 is 22.4 Å². The first-order chi connectivity index (χ1) is 8.04. The van der Waals surface area contributed by atoms with E-state index >= 15 is 0 Å². The van der Waals surface area contributed by atoms with E-state index in [2.05, 4.69) is 0 Å². The summed E-state index contributed by atoms with van der Waals surface area (Å²) in [7, 11) is 1.44. The molecule has 17 heavy (non-hydrogen) atoms. The van der Waals surface area contributed by atoms with Crippen molar-refractivity contribution in [3.05, 3.63) is 40.7 Å². The van der Waals surface area contributed by atoms with Gasteiger partial charge in [-0.1, -0.05) is 0 Å². The topological polar surface area (TPSA) is 91.1 Å². The SMILES string of the molecule is COc1ccc2c(c1)[NH+]([O-])C=C(C(=O)O)C2=O. The van der Waals surface area contributed by atoms with E-state index in [1.165, 1.54) is 25.3 Å². The van der Waals surface area contributed by atoms with Gasteiger partial charge in [-0.15, -0.1) is 0 Å². The van der Waals surface area contributed by atoms with Crippen molar-refractivity contribution in [2.24, 2.45) is 0 Å². The quantitative estimate of drug-likeness (QED) is 0.550. The molecule has 1 atom stereocenters. The number of carbonyl (C=O) groups is 2. The molecule has 6 nitrogen and oxygen atoms in total. The van der Waals surface area contributed by atoms with Crippen molar-refractivity contribution in [1.82, 2.24) is 0 Å². The lowest BCUT2D eigenvalue weighted by Crippen LogP contribution is -2.98. The lowest BCUT2D eigenvalue weighted by Gasteiger charge is -2.24. The van der Waals surface area contributed by atoms with Gasteiger partial charge in [0.2, 0.25) is 5.78 Å². The zero-order valence-corrected chi connectivity index (χ0v) is 8.89. The third-order valence-electron chi connectivity index (χ3n) is 2.49. The number of ketones is 1. The summed E-state index contributed by atoms with van der Waals surface area (Å²) >= 11 is 0. The molecule has 2 N–H and O–H groups in total. The molecular weight excluding hydrogens is 226 g/mol. The van der Waals surface area contributed by atoms with Crippen LogP contribution in [0.25, 0.3) is 0 Å². The number of carbonyl (C=O) groups excluding carboxylic acids is 1. The van der Waals surface area contributed by atoms with Crippen LogP contribution in [0.15, 0.2) is 30.0 Å². The monoisotopic (exact) mass is 235 g/mol. The maximum Gasteiger partial charge on any atom is 0.345 e. The molecule has 1 aliphatic heterocycles. The lowest BCUT2D eigenvalue weighted by atomic mass is 9.99. The molecule has 0 aromatic heterocycles. The fraction of sp³-hybridized carbons (Fsp3) is 0.0909. The zero-order valence-electron chi connectivity index (χ0n) is 8.89. The molecule has 0 bridgehead atoms. The highest BCUT2D eigenvalue weighted by Gasteiger charge is 2.30. The molecule has 0 saturated heterocycles. The highest BCUT2D eigenvalue weighted by Crippen LogP contribution is 2.24. The number of rotatable bonds is 2. The average molecular weight is 235 g/mol. The van der Waals surface area contributed by atoms with Gasteiger partial charge in [0.05, 0.1) is 12.7 Å². The number of fused-ring (bicyclic) bond motifs is 1. The second-order valence-corrected chi connectivity index (χ2v) is 3.47. The lowest BCUT2D eigenvalue weighted by molar-refractivity contribution is -0.715. The Kier molecular flexibility index (Phi) is 2.66. The average Bonchev–Trinajstić information content (AvgIpc) is 2.32. The van der Waals surface area contributed by atoms with Crippen molar-refractivity contribution < 1.29 is 24.5 Å². The molecule has 0 fully saturated rings. The van der Waals surface area contributed by atoms with Crippen LogP contribution in [0.1, 0.15) is 10.4 Å². The fourth-order valence-corrected chi connectivity index (χ4v) is 1.63. The predicted octanol–water partition coefficient (Wildman–Crippen LogP) is -0.126. The summed E-state index contributed by atoms with van der Waals surface area (Å²) in [6, 6.07) is 4.32. The van der Waals surface area contributed by atoms with E-state index in [0.717, 1.165) is 6.20 Å². The van der Waals surface area contributed by atoms with Crippen molar-refractivity contribution in [3.8, 4) is 5.75 Å². The van der Waals surface area contributed by atoms with Crippen molar-refractivity contribution in [2.75, 3.05) is 7.11 Å². The molecule has 1 aliphatic rings. The van der Waals surface area contributed by atoms with Crippen LogP contribution < -0.4 is 9.80 Å². The summed E-state index contributed by atoms with van der Waals surface area (Å²) in [5, 5.41) is 19.9. The first-order valence-corrected chi connectivity index (χ1v) is 4.76. The summed E-state index contributed by atoms with van der Waals surface area (Å²) in [5.41, 5.74) is -0.247. The van der Waals surface area contributed by atoms with Crippen LogP contribution >= 0.6 is 0 Å². The van der Waals surface area contributed by atoms with Gasteiger partial charge in [-0.25, -0.2) is 4.79 Å². The molecule has 0 radical (unpaired) electrons. The molecule has 0 amide bonds. The van der Waals surface area contributed by atoms with Gasteiger partial charge in [-0.3, -0.25) is 4.79 Å². The number of hydrogen-bond acceptors (Lipinski definition) is 4. The number of quaternary nitrogens is 1. The molecule has 0 aliphatic carbocycles. The predicted molar refractivity (Wildman–Crippen MR) is 57.0 cm³/mol. The van der Waals surface area contributed by atoms with Crippen molar-refractivity contribution in [3.63, 3.8) is 0 Å². The molecule has 1 unspecified atom stereocenters. The fourth-order valence-electron chi connectivity index (χ4n) is 1.63. The third kappa shape index (κ3) is 1.79. The summed E-state index contributed by atoms with van der Waals surface area (Å²) in [6.45, 7) is 0. The first-order valence-electron chi connectivity index (χ1n) is 4.76. The van der Waals surface area contributed by atoms with Gasteiger partial charge in [-0.2, -0.15) is 0 Å². The highest BCUT2D eigenvalue weighted by molar-refractivity contribution is 6.25. The summed E-state index contributed by atoms with van der Waals surface area (Å²) < 4.78 is 4.94. The van der Waals surface area contributed by atoms with Crippen LogP contribution in [0.4, 0.5) is 5.69 Å². The minimum absolute atomic E-state index is 0.0932. The normalized spacial score (nSPS) is 18.4. The standard InChI is InChI=1S/C11H9NO5/c1-17-6-2-3-7-9(4-6)12(16)5-8(10(7)13)11(14)15/h2-5,12H,1H3,(H,14,15). The number of carboxylic acids is 1. The number of carboxylic acid groups (broad SMARTS) is 1. The van der Waals surface area contributed by atoms with E-state index in [9.17, 15) is 14.8 Å². The van der Waals surface area contributed by atoms with Crippen LogP contribution in [-0.2, 0) is 4.79 Å². The molecule has 0 spiro atoms.